The molecule has 1 aromatic heterocycles. The second-order valence-electron chi connectivity index (χ2n) is 8.73. The number of amides is 1. The summed E-state index contributed by atoms with van der Waals surface area (Å²) in [6.45, 7) is 4.08. The number of nitrogens with zero attached hydrogens (tertiary/aromatic N) is 2. The Kier molecular flexibility index (Phi) is 3.54. The number of carbonyl (C=O) groups is 1. The smallest absolute Gasteiger partial charge is 0.221 e. The molecule has 4 aliphatic carbocycles. The van der Waals surface area contributed by atoms with Gasteiger partial charge in [0, 0.05) is 25.2 Å². The Balaban J connectivity index is 1.41. The largest absolute Gasteiger partial charge is 0.349 e. The van der Waals surface area contributed by atoms with Crippen molar-refractivity contribution in [2.24, 2.45) is 30.2 Å². The molecule has 4 aliphatic rings. The maximum absolute atomic E-state index is 12.7. The van der Waals surface area contributed by atoms with Crippen LogP contribution in [0.2, 0.25) is 0 Å². The fraction of sp³-hybridized carbons (Fsp3) is 0.789. The normalized spacial score (nSPS) is 36.2. The molecule has 0 radical (unpaired) electrons. The lowest BCUT2D eigenvalue weighted by Crippen LogP contribution is -2.48. The second-order valence-corrected chi connectivity index (χ2v) is 8.73. The number of aryl methyl sites for hydroxylation is 2. The van der Waals surface area contributed by atoms with Gasteiger partial charge >= 0.3 is 0 Å². The minimum Gasteiger partial charge on any atom is -0.349 e. The van der Waals surface area contributed by atoms with E-state index in [1.165, 1.54) is 38.5 Å². The SMILES string of the molecule is Cc1nn(C)cc1C(C)NC(=O)CC12CC3CC(CC(C3)C1)C2. The molecule has 4 heteroatoms. The van der Waals surface area contributed by atoms with Crippen LogP contribution in [-0.4, -0.2) is 15.7 Å². The minimum absolute atomic E-state index is 0.0464. The number of rotatable bonds is 4. The van der Waals surface area contributed by atoms with Crippen molar-refractivity contribution in [1.29, 1.82) is 0 Å². The van der Waals surface area contributed by atoms with Gasteiger partial charge < -0.3 is 5.32 Å². The summed E-state index contributed by atoms with van der Waals surface area (Å²) in [5.41, 5.74) is 2.46. The summed E-state index contributed by atoms with van der Waals surface area (Å²) in [5.74, 6) is 2.97. The highest BCUT2D eigenvalue weighted by Crippen LogP contribution is 2.61. The second kappa shape index (κ2) is 5.35. The van der Waals surface area contributed by atoms with E-state index in [2.05, 4.69) is 17.3 Å². The lowest BCUT2D eigenvalue weighted by molar-refractivity contribution is -0.130. The average Bonchev–Trinajstić information content (AvgIpc) is 2.75. The molecule has 4 bridgehead atoms. The monoisotopic (exact) mass is 315 g/mol. The van der Waals surface area contributed by atoms with Crippen molar-refractivity contribution >= 4 is 5.91 Å². The molecule has 1 N–H and O–H groups in total. The third-order valence-corrected chi connectivity index (χ3v) is 6.60. The molecule has 1 unspecified atom stereocenters. The molecule has 4 fully saturated rings. The first-order valence-corrected chi connectivity index (χ1v) is 9.22. The highest BCUT2D eigenvalue weighted by molar-refractivity contribution is 5.77. The van der Waals surface area contributed by atoms with Crippen LogP contribution in [0.1, 0.15) is 69.2 Å². The van der Waals surface area contributed by atoms with Crippen molar-refractivity contribution in [2.45, 2.75) is 64.8 Å². The molecule has 1 atom stereocenters. The van der Waals surface area contributed by atoms with Crippen molar-refractivity contribution in [2.75, 3.05) is 0 Å². The standard InChI is InChI=1S/C19H29N3O/c1-12(17-11-22(3)21-13(17)2)20-18(23)10-19-7-14-4-15(8-19)6-16(5-14)9-19/h11-12,14-16H,4-10H2,1-3H3,(H,20,23). The summed E-state index contributed by atoms with van der Waals surface area (Å²) in [4.78, 5) is 12.7. The van der Waals surface area contributed by atoms with Gasteiger partial charge in [-0.1, -0.05) is 0 Å². The fourth-order valence-corrected chi connectivity index (χ4v) is 6.26. The third-order valence-electron chi connectivity index (χ3n) is 6.60. The molecule has 1 heterocycles. The maximum atomic E-state index is 12.7. The Hall–Kier alpha value is -1.32. The summed E-state index contributed by atoms with van der Waals surface area (Å²) in [7, 11) is 1.93. The van der Waals surface area contributed by atoms with Crippen molar-refractivity contribution in [1.82, 2.24) is 15.1 Å². The zero-order valence-electron chi connectivity index (χ0n) is 14.6. The maximum Gasteiger partial charge on any atom is 0.221 e. The Morgan fingerprint density at radius 2 is 1.87 bits per heavy atom. The lowest BCUT2D eigenvalue weighted by atomic mass is 9.49. The van der Waals surface area contributed by atoms with E-state index >= 15 is 0 Å². The summed E-state index contributed by atoms with van der Waals surface area (Å²) >= 11 is 0. The van der Waals surface area contributed by atoms with E-state index in [-0.39, 0.29) is 11.9 Å². The molecule has 0 aliphatic heterocycles. The molecule has 5 rings (SSSR count). The van der Waals surface area contributed by atoms with Crippen LogP contribution < -0.4 is 5.32 Å². The van der Waals surface area contributed by atoms with E-state index in [1.54, 1.807) is 0 Å². The predicted molar refractivity (Wildman–Crippen MR) is 89.7 cm³/mol. The first-order chi connectivity index (χ1) is 10.9. The van der Waals surface area contributed by atoms with Crippen molar-refractivity contribution in [3.63, 3.8) is 0 Å². The van der Waals surface area contributed by atoms with E-state index < -0.39 is 0 Å². The quantitative estimate of drug-likeness (QED) is 0.924. The van der Waals surface area contributed by atoms with Gasteiger partial charge in [0.05, 0.1) is 11.7 Å². The Bertz CT molecular complexity index is 583. The Labute approximate surface area is 139 Å². The van der Waals surface area contributed by atoms with E-state index in [4.69, 9.17) is 0 Å². The Morgan fingerprint density at radius 1 is 1.30 bits per heavy atom. The van der Waals surface area contributed by atoms with Gasteiger partial charge in [0.2, 0.25) is 5.91 Å². The zero-order valence-corrected chi connectivity index (χ0v) is 14.6. The average molecular weight is 315 g/mol. The molecule has 4 nitrogen and oxygen atoms in total. The lowest BCUT2D eigenvalue weighted by Gasteiger charge is -2.56. The van der Waals surface area contributed by atoms with Crippen LogP contribution >= 0.6 is 0 Å². The molecule has 4 saturated carbocycles. The summed E-state index contributed by atoms with van der Waals surface area (Å²) in [6.07, 6.45) is 11.0. The molecule has 0 spiro atoms. The molecular weight excluding hydrogens is 286 g/mol. The van der Waals surface area contributed by atoms with Gasteiger partial charge in [-0.3, -0.25) is 9.48 Å². The van der Waals surface area contributed by atoms with Gasteiger partial charge in [0.1, 0.15) is 0 Å². The summed E-state index contributed by atoms with van der Waals surface area (Å²) in [5, 5.41) is 7.62. The highest BCUT2D eigenvalue weighted by Gasteiger charge is 2.51. The molecule has 0 saturated heterocycles. The van der Waals surface area contributed by atoms with Gasteiger partial charge in [0.15, 0.2) is 0 Å². The van der Waals surface area contributed by atoms with Crippen LogP contribution in [0, 0.1) is 30.1 Å². The number of aromatic nitrogens is 2. The van der Waals surface area contributed by atoms with Gasteiger partial charge in [0.25, 0.3) is 0 Å². The predicted octanol–water partition coefficient (Wildman–Crippen LogP) is 3.51. The fourth-order valence-electron chi connectivity index (χ4n) is 6.26. The first kappa shape index (κ1) is 15.2. The zero-order chi connectivity index (χ0) is 16.2. The first-order valence-electron chi connectivity index (χ1n) is 9.22. The molecular formula is C19H29N3O. The Morgan fingerprint density at radius 3 is 2.35 bits per heavy atom. The van der Waals surface area contributed by atoms with Gasteiger partial charge in [-0.15, -0.1) is 0 Å². The molecule has 23 heavy (non-hydrogen) atoms. The van der Waals surface area contributed by atoms with E-state index in [9.17, 15) is 4.79 Å². The van der Waals surface area contributed by atoms with E-state index in [0.29, 0.717) is 5.41 Å². The van der Waals surface area contributed by atoms with Gasteiger partial charge in [-0.2, -0.15) is 5.10 Å². The third kappa shape index (κ3) is 2.81. The highest BCUT2D eigenvalue weighted by atomic mass is 16.1. The van der Waals surface area contributed by atoms with E-state index in [0.717, 1.165) is 35.4 Å². The molecule has 1 amide bonds. The van der Waals surface area contributed by atoms with Crippen molar-refractivity contribution in [3.8, 4) is 0 Å². The van der Waals surface area contributed by atoms with Crippen LogP contribution in [-0.2, 0) is 11.8 Å². The van der Waals surface area contributed by atoms with Gasteiger partial charge in [-0.25, -0.2) is 0 Å². The van der Waals surface area contributed by atoms with Crippen LogP contribution in [0.5, 0.6) is 0 Å². The number of carbonyl (C=O) groups excluding carboxylic acids is 1. The van der Waals surface area contributed by atoms with Crippen LogP contribution in [0.3, 0.4) is 0 Å². The van der Waals surface area contributed by atoms with Gasteiger partial charge in [-0.05, 0) is 75.5 Å². The molecule has 0 aromatic carbocycles. The number of hydrogen-bond donors (Lipinski definition) is 1. The summed E-state index contributed by atoms with van der Waals surface area (Å²) < 4.78 is 1.83. The van der Waals surface area contributed by atoms with E-state index in [1.807, 2.05) is 24.9 Å². The van der Waals surface area contributed by atoms with Crippen LogP contribution in [0.15, 0.2) is 6.20 Å². The topological polar surface area (TPSA) is 46.9 Å². The van der Waals surface area contributed by atoms with Crippen LogP contribution in [0.25, 0.3) is 0 Å². The minimum atomic E-state index is 0.0464. The molecule has 1 aromatic rings. The number of nitrogens with one attached hydrogen (secondary N) is 1. The molecule has 126 valence electrons. The van der Waals surface area contributed by atoms with Crippen LogP contribution in [0.4, 0.5) is 0 Å². The van der Waals surface area contributed by atoms with Crippen molar-refractivity contribution < 1.29 is 4.79 Å². The summed E-state index contributed by atoms with van der Waals surface area (Å²) in [6, 6.07) is 0.0464. The number of hydrogen-bond acceptors (Lipinski definition) is 2. The van der Waals surface area contributed by atoms with Crippen molar-refractivity contribution in [3.05, 3.63) is 17.5 Å².